The van der Waals surface area contributed by atoms with Gasteiger partial charge in [-0.25, -0.2) is 0 Å². The maximum Gasteiger partial charge on any atom is 0.137 e. The van der Waals surface area contributed by atoms with Gasteiger partial charge in [0.2, 0.25) is 0 Å². The van der Waals surface area contributed by atoms with E-state index in [1.807, 2.05) is 0 Å². The van der Waals surface area contributed by atoms with E-state index in [0.29, 0.717) is 12.3 Å². The first-order chi connectivity index (χ1) is 5.69. The predicted molar refractivity (Wildman–Crippen MR) is 46.9 cm³/mol. The molecule has 0 aromatic heterocycles. The lowest BCUT2D eigenvalue weighted by Gasteiger charge is -2.21. The fourth-order valence-corrected chi connectivity index (χ4v) is 1.73. The highest BCUT2D eigenvalue weighted by molar-refractivity contribution is 5.58. The van der Waals surface area contributed by atoms with Crippen molar-refractivity contribution in [3.8, 4) is 0 Å². The van der Waals surface area contributed by atoms with Gasteiger partial charge in [-0.05, 0) is 12.3 Å². The van der Waals surface area contributed by atoms with Crippen LogP contribution in [0, 0.1) is 5.92 Å². The van der Waals surface area contributed by atoms with Crippen LogP contribution in [0.1, 0.15) is 26.7 Å². The van der Waals surface area contributed by atoms with Crippen LogP contribution in [0.5, 0.6) is 0 Å². The molecule has 1 aliphatic heterocycles. The van der Waals surface area contributed by atoms with Gasteiger partial charge in [-0.2, -0.15) is 0 Å². The normalized spacial score (nSPS) is 38.1. The summed E-state index contributed by atoms with van der Waals surface area (Å²) < 4.78 is 0. The van der Waals surface area contributed by atoms with E-state index in [-0.39, 0.29) is 18.2 Å². The Balaban J connectivity index is 2.50. The summed E-state index contributed by atoms with van der Waals surface area (Å²) in [4.78, 5) is 10.4. The molecule has 12 heavy (non-hydrogen) atoms. The van der Waals surface area contributed by atoms with E-state index in [0.717, 1.165) is 12.7 Å². The quantitative estimate of drug-likeness (QED) is 0.601. The van der Waals surface area contributed by atoms with Crippen LogP contribution in [-0.4, -0.2) is 29.6 Å². The van der Waals surface area contributed by atoms with Crippen LogP contribution >= 0.6 is 0 Å². The van der Waals surface area contributed by atoms with E-state index in [2.05, 4.69) is 19.2 Å². The van der Waals surface area contributed by atoms with Gasteiger partial charge in [0.1, 0.15) is 6.29 Å². The van der Waals surface area contributed by atoms with Crippen LogP contribution < -0.4 is 5.32 Å². The highest BCUT2D eigenvalue weighted by Gasteiger charge is 2.34. The summed E-state index contributed by atoms with van der Waals surface area (Å²) in [6.45, 7) is 4.18. The van der Waals surface area contributed by atoms with Crippen LogP contribution in [0.15, 0.2) is 0 Å². The Bertz CT molecular complexity index is 161. The summed E-state index contributed by atoms with van der Waals surface area (Å²) >= 11 is 0. The van der Waals surface area contributed by atoms with E-state index in [9.17, 15) is 9.90 Å². The van der Waals surface area contributed by atoms with Crippen molar-refractivity contribution in [3.63, 3.8) is 0 Å². The van der Waals surface area contributed by atoms with Crippen LogP contribution in [0.4, 0.5) is 0 Å². The SMILES string of the molecule is CCC(C)C1NC(C=O)CC1O. The van der Waals surface area contributed by atoms with Crippen molar-refractivity contribution in [1.82, 2.24) is 5.32 Å². The molecule has 4 unspecified atom stereocenters. The van der Waals surface area contributed by atoms with Crippen molar-refractivity contribution in [2.24, 2.45) is 5.92 Å². The fraction of sp³-hybridized carbons (Fsp3) is 0.889. The number of nitrogens with one attached hydrogen (secondary N) is 1. The maximum absolute atomic E-state index is 10.4. The molecule has 0 aliphatic carbocycles. The van der Waals surface area contributed by atoms with Crippen LogP contribution in [0.2, 0.25) is 0 Å². The van der Waals surface area contributed by atoms with Gasteiger partial charge in [0.05, 0.1) is 12.1 Å². The van der Waals surface area contributed by atoms with E-state index < -0.39 is 0 Å². The van der Waals surface area contributed by atoms with Gasteiger partial charge >= 0.3 is 0 Å². The number of aliphatic hydroxyl groups excluding tert-OH is 1. The zero-order chi connectivity index (χ0) is 9.14. The summed E-state index contributed by atoms with van der Waals surface area (Å²) in [5.41, 5.74) is 0. The molecule has 0 bridgehead atoms. The molecule has 2 N–H and O–H groups in total. The zero-order valence-electron chi connectivity index (χ0n) is 7.66. The summed E-state index contributed by atoms with van der Waals surface area (Å²) in [7, 11) is 0. The molecule has 0 saturated carbocycles. The lowest BCUT2D eigenvalue weighted by Crippen LogP contribution is -2.38. The molecular formula is C9H17NO2. The van der Waals surface area contributed by atoms with Gasteiger partial charge in [-0.3, -0.25) is 0 Å². The highest BCUT2D eigenvalue weighted by atomic mass is 16.3. The van der Waals surface area contributed by atoms with Gasteiger partial charge in [-0.1, -0.05) is 20.3 Å². The molecule has 1 heterocycles. The topological polar surface area (TPSA) is 49.3 Å². The summed E-state index contributed by atoms with van der Waals surface area (Å²) in [6.07, 6.45) is 2.12. The monoisotopic (exact) mass is 171 g/mol. The molecule has 1 rings (SSSR count). The lowest BCUT2D eigenvalue weighted by molar-refractivity contribution is -0.109. The van der Waals surface area contributed by atoms with Gasteiger partial charge < -0.3 is 15.2 Å². The average molecular weight is 171 g/mol. The van der Waals surface area contributed by atoms with E-state index in [1.54, 1.807) is 0 Å². The number of carbonyl (C=O) groups excluding carboxylic acids is 1. The van der Waals surface area contributed by atoms with Crippen molar-refractivity contribution < 1.29 is 9.90 Å². The molecule has 3 nitrogen and oxygen atoms in total. The molecule has 1 fully saturated rings. The minimum atomic E-state index is -0.352. The molecule has 0 spiro atoms. The second kappa shape index (κ2) is 4.01. The van der Waals surface area contributed by atoms with Gasteiger partial charge in [0, 0.05) is 6.04 Å². The highest BCUT2D eigenvalue weighted by Crippen LogP contribution is 2.20. The molecule has 4 atom stereocenters. The number of aldehydes is 1. The lowest BCUT2D eigenvalue weighted by atomic mass is 9.96. The number of rotatable bonds is 3. The Hall–Kier alpha value is -0.410. The average Bonchev–Trinajstić information content (AvgIpc) is 2.45. The first kappa shape index (κ1) is 9.68. The third-order valence-electron chi connectivity index (χ3n) is 2.74. The van der Waals surface area contributed by atoms with Crippen molar-refractivity contribution in [3.05, 3.63) is 0 Å². The van der Waals surface area contributed by atoms with Crippen molar-refractivity contribution in [1.29, 1.82) is 0 Å². The first-order valence-corrected chi connectivity index (χ1v) is 4.58. The third-order valence-corrected chi connectivity index (χ3v) is 2.74. The van der Waals surface area contributed by atoms with Gasteiger partial charge in [0.15, 0.2) is 0 Å². The standard InChI is InChI=1S/C9H17NO2/c1-3-6(2)9-8(12)4-7(5-11)10-9/h5-10,12H,3-4H2,1-2H3. The molecule has 0 aromatic carbocycles. The van der Waals surface area contributed by atoms with Crippen LogP contribution in [0.3, 0.4) is 0 Å². The smallest absolute Gasteiger partial charge is 0.137 e. The zero-order valence-corrected chi connectivity index (χ0v) is 7.66. The molecule has 1 saturated heterocycles. The van der Waals surface area contributed by atoms with Crippen molar-refractivity contribution in [2.75, 3.05) is 0 Å². The second-order valence-electron chi connectivity index (χ2n) is 3.62. The summed E-state index contributed by atoms with van der Waals surface area (Å²) in [5.74, 6) is 0.435. The summed E-state index contributed by atoms with van der Waals surface area (Å²) in [5, 5.41) is 12.7. The number of aliphatic hydroxyl groups is 1. The molecule has 70 valence electrons. The maximum atomic E-state index is 10.4. The Kier molecular flexibility index (Phi) is 3.23. The molecule has 1 aliphatic rings. The second-order valence-corrected chi connectivity index (χ2v) is 3.62. The van der Waals surface area contributed by atoms with Gasteiger partial charge in [-0.15, -0.1) is 0 Å². The van der Waals surface area contributed by atoms with Gasteiger partial charge in [0.25, 0.3) is 0 Å². The van der Waals surface area contributed by atoms with E-state index in [1.165, 1.54) is 0 Å². The minimum absolute atomic E-state index is 0.102. The van der Waals surface area contributed by atoms with Crippen LogP contribution in [0.25, 0.3) is 0 Å². The van der Waals surface area contributed by atoms with Crippen molar-refractivity contribution >= 4 is 6.29 Å². The van der Waals surface area contributed by atoms with E-state index >= 15 is 0 Å². The van der Waals surface area contributed by atoms with Crippen molar-refractivity contribution in [2.45, 2.75) is 44.9 Å². The minimum Gasteiger partial charge on any atom is -0.391 e. The molecule has 0 amide bonds. The Morgan fingerprint density at radius 2 is 2.42 bits per heavy atom. The number of hydrogen-bond acceptors (Lipinski definition) is 3. The Morgan fingerprint density at radius 1 is 1.75 bits per heavy atom. The molecule has 0 aromatic rings. The molecule has 3 heteroatoms. The van der Waals surface area contributed by atoms with Crippen LogP contribution in [-0.2, 0) is 4.79 Å². The Morgan fingerprint density at radius 3 is 2.83 bits per heavy atom. The number of carbonyl (C=O) groups is 1. The molecule has 0 radical (unpaired) electrons. The van der Waals surface area contributed by atoms with E-state index in [4.69, 9.17) is 0 Å². The first-order valence-electron chi connectivity index (χ1n) is 4.58. The largest absolute Gasteiger partial charge is 0.391 e. The fourth-order valence-electron chi connectivity index (χ4n) is 1.73. The predicted octanol–water partition coefficient (Wildman–Crippen LogP) is 0.323. The third kappa shape index (κ3) is 1.84. The Labute approximate surface area is 73.2 Å². The molecular weight excluding hydrogens is 154 g/mol. The summed E-state index contributed by atoms with van der Waals surface area (Å²) in [6, 6.07) is -0.0378. The number of hydrogen-bond donors (Lipinski definition) is 2.